The van der Waals surface area contributed by atoms with E-state index in [0.717, 1.165) is 22.4 Å². The van der Waals surface area contributed by atoms with E-state index in [1.807, 2.05) is 57.2 Å². The van der Waals surface area contributed by atoms with Crippen molar-refractivity contribution in [2.45, 2.75) is 26.7 Å². The molecule has 1 unspecified atom stereocenters. The van der Waals surface area contributed by atoms with E-state index in [-0.39, 0.29) is 11.7 Å². The van der Waals surface area contributed by atoms with Gasteiger partial charge in [-0.05, 0) is 43.5 Å². The fourth-order valence-electron chi connectivity index (χ4n) is 2.65. The summed E-state index contributed by atoms with van der Waals surface area (Å²) in [4.78, 5) is 12.7. The van der Waals surface area contributed by atoms with Crippen molar-refractivity contribution in [3.05, 3.63) is 64.2 Å². The third kappa shape index (κ3) is 2.01. The van der Waals surface area contributed by atoms with Gasteiger partial charge in [0.05, 0.1) is 11.5 Å². The highest BCUT2D eigenvalue weighted by Crippen LogP contribution is 2.35. The zero-order valence-corrected chi connectivity index (χ0v) is 12.1. The highest BCUT2D eigenvalue weighted by atomic mass is 16.5. The summed E-state index contributed by atoms with van der Waals surface area (Å²) in [5.74, 6) is 0.738. The minimum absolute atomic E-state index is 0.165. The first-order valence-electron chi connectivity index (χ1n) is 6.91. The molecule has 0 aliphatic carbocycles. The second-order valence-corrected chi connectivity index (χ2v) is 5.52. The lowest BCUT2D eigenvalue weighted by Crippen LogP contribution is -2.26. The second kappa shape index (κ2) is 4.78. The number of fused-ring (bicyclic) bond motifs is 1. The largest absolute Gasteiger partial charge is 0.491 e. The van der Waals surface area contributed by atoms with Crippen LogP contribution >= 0.6 is 0 Å². The molecule has 0 saturated carbocycles. The first kappa shape index (κ1) is 12.9. The quantitative estimate of drug-likeness (QED) is 0.780. The predicted molar refractivity (Wildman–Crippen MR) is 79.7 cm³/mol. The van der Waals surface area contributed by atoms with Gasteiger partial charge in [-0.3, -0.25) is 4.79 Å². The Balaban J connectivity index is 2.01. The van der Waals surface area contributed by atoms with Crippen molar-refractivity contribution in [3.63, 3.8) is 0 Å². The number of carbonyl (C=O) groups is 1. The van der Waals surface area contributed by atoms with E-state index >= 15 is 0 Å². The topological polar surface area (TPSA) is 26.3 Å². The lowest BCUT2D eigenvalue weighted by atomic mass is 9.87. The van der Waals surface area contributed by atoms with Crippen LogP contribution in [0.1, 0.15) is 38.5 Å². The molecule has 1 heterocycles. The molecule has 20 heavy (non-hydrogen) atoms. The van der Waals surface area contributed by atoms with Crippen molar-refractivity contribution in [1.29, 1.82) is 0 Å². The van der Waals surface area contributed by atoms with E-state index in [1.54, 1.807) is 0 Å². The SMILES string of the molecule is Cc1ccc(C2COc3c(ccc(C)c3C)C2=O)cc1. The van der Waals surface area contributed by atoms with E-state index in [0.29, 0.717) is 12.2 Å². The summed E-state index contributed by atoms with van der Waals surface area (Å²) in [5.41, 5.74) is 5.17. The summed E-state index contributed by atoms with van der Waals surface area (Å²) in [6.45, 7) is 6.52. The molecule has 0 fully saturated rings. The van der Waals surface area contributed by atoms with Crippen molar-refractivity contribution in [1.82, 2.24) is 0 Å². The van der Waals surface area contributed by atoms with Crippen LogP contribution in [0, 0.1) is 20.8 Å². The lowest BCUT2D eigenvalue weighted by Gasteiger charge is -2.26. The van der Waals surface area contributed by atoms with Gasteiger partial charge in [-0.2, -0.15) is 0 Å². The third-order valence-corrected chi connectivity index (χ3v) is 4.13. The molecule has 0 spiro atoms. The number of hydrogen-bond donors (Lipinski definition) is 0. The van der Waals surface area contributed by atoms with Crippen LogP contribution in [0.3, 0.4) is 0 Å². The van der Waals surface area contributed by atoms with Gasteiger partial charge in [-0.1, -0.05) is 35.9 Å². The van der Waals surface area contributed by atoms with Gasteiger partial charge < -0.3 is 4.74 Å². The average Bonchev–Trinajstić information content (AvgIpc) is 2.45. The molecule has 102 valence electrons. The number of hydrogen-bond acceptors (Lipinski definition) is 2. The predicted octanol–water partition coefficient (Wildman–Crippen LogP) is 3.97. The van der Waals surface area contributed by atoms with E-state index in [4.69, 9.17) is 4.74 Å². The van der Waals surface area contributed by atoms with Gasteiger partial charge in [0.2, 0.25) is 0 Å². The van der Waals surface area contributed by atoms with Gasteiger partial charge in [0.1, 0.15) is 12.4 Å². The smallest absolute Gasteiger partial charge is 0.177 e. The molecule has 0 N–H and O–H groups in total. The van der Waals surface area contributed by atoms with Crippen LogP contribution in [0.25, 0.3) is 0 Å². The molecule has 2 aromatic carbocycles. The highest BCUT2D eigenvalue weighted by Gasteiger charge is 2.31. The normalized spacial score (nSPS) is 17.6. The number of aryl methyl sites for hydroxylation is 2. The van der Waals surface area contributed by atoms with Crippen LogP contribution in [0.4, 0.5) is 0 Å². The first-order valence-corrected chi connectivity index (χ1v) is 6.91. The Hall–Kier alpha value is -2.09. The Bertz CT molecular complexity index is 669. The molecule has 1 aliphatic rings. The van der Waals surface area contributed by atoms with Gasteiger partial charge in [-0.15, -0.1) is 0 Å². The van der Waals surface area contributed by atoms with Gasteiger partial charge in [-0.25, -0.2) is 0 Å². The van der Waals surface area contributed by atoms with E-state index in [2.05, 4.69) is 0 Å². The van der Waals surface area contributed by atoms with Crippen LogP contribution in [-0.2, 0) is 0 Å². The maximum atomic E-state index is 12.7. The van der Waals surface area contributed by atoms with Crippen LogP contribution < -0.4 is 4.74 Å². The van der Waals surface area contributed by atoms with E-state index in [9.17, 15) is 4.79 Å². The summed E-state index contributed by atoms with van der Waals surface area (Å²) < 4.78 is 5.88. The number of rotatable bonds is 1. The number of benzene rings is 2. The maximum absolute atomic E-state index is 12.7. The van der Waals surface area contributed by atoms with Crippen LogP contribution in [-0.4, -0.2) is 12.4 Å². The Morgan fingerprint density at radius 3 is 2.40 bits per heavy atom. The molecule has 1 aliphatic heterocycles. The van der Waals surface area contributed by atoms with Gasteiger partial charge in [0.15, 0.2) is 5.78 Å². The average molecular weight is 266 g/mol. The van der Waals surface area contributed by atoms with Gasteiger partial charge in [0, 0.05) is 0 Å². The van der Waals surface area contributed by atoms with Crippen LogP contribution in [0.15, 0.2) is 36.4 Å². The van der Waals surface area contributed by atoms with Crippen molar-refractivity contribution in [3.8, 4) is 5.75 Å². The fraction of sp³-hybridized carbons (Fsp3) is 0.278. The zero-order valence-electron chi connectivity index (χ0n) is 12.1. The second-order valence-electron chi connectivity index (χ2n) is 5.52. The molecular formula is C18H18O2. The Morgan fingerprint density at radius 1 is 1.00 bits per heavy atom. The molecule has 0 amide bonds. The van der Waals surface area contributed by atoms with Crippen molar-refractivity contribution < 1.29 is 9.53 Å². The molecule has 3 rings (SSSR count). The standard InChI is InChI=1S/C18H18O2/c1-11-4-7-14(8-5-11)16-10-20-18-13(3)12(2)6-9-15(18)17(16)19/h4-9,16H,10H2,1-3H3. The van der Waals surface area contributed by atoms with E-state index < -0.39 is 0 Å². The summed E-state index contributed by atoms with van der Waals surface area (Å²) in [7, 11) is 0. The summed E-state index contributed by atoms with van der Waals surface area (Å²) in [6, 6.07) is 12.0. The van der Waals surface area contributed by atoms with Gasteiger partial charge >= 0.3 is 0 Å². The van der Waals surface area contributed by atoms with Gasteiger partial charge in [0.25, 0.3) is 0 Å². The Kier molecular flexibility index (Phi) is 3.09. The minimum atomic E-state index is -0.190. The van der Waals surface area contributed by atoms with Crippen molar-refractivity contribution >= 4 is 5.78 Å². The molecule has 0 saturated heterocycles. The molecule has 0 bridgehead atoms. The fourth-order valence-corrected chi connectivity index (χ4v) is 2.65. The molecule has 2 aromatic rings. The number of ketones is 1. The number of ether oxygens (including phenoxy) is 1. The highest BCUT2D eigenvalue weighted by molar-refractivity contribution is 6.04. The van der Waals surface area contributed by atoms with E-state index in [1.165, 1.54) is 5.56 Å². The lowest BCUT2D eigenvalue weighted by molar-refractivity contribution is 0.0895. The summed E-state index contributed by atoms with van der Waals surface area (Å²) in [6.07, 6.45) is 0. The third-order valence-electron chi connectivity index (χ3n) is 4.13. The molecule has 0 radical (unpaired) electrons. The molecule has 1 atom stereocenters. The molecule has 2 heteroatoms. The summed E-state index contributed by atoms with van der Waals surface area (Å²) >= 11 is 0. The molecule has 0 aromatic heterocycles. The maximum Gasteiger partial charge on any atom is 0.177 e. The first-order chi connectivity index (χ1) is 9.58. The Labute approximate surface area is 119 Å². The summed E-state index contributed by atoms with van der Waals surface area (Å²) in [5, 5.41) is 0. The zero-order chi connectivity index (χ0) is 14.3. The number of Topliss-reactive ketones (excluding diaryl/α,β-unsaturated/α-hetero) is 1. The monoisotopic (exact) mass is 266 g/mol. The van der Waals surface area contributed by atoms with Crippen molar-refractivity contribution in [2.24, 2.45) is 0 Å². The number of carbonyl (C=O) groups excluding carboxylic acids is 1. The Morgan fingerprint density at radius 2 is 1.70 bits per heavy atom. The van der Waals surface area contributed by atoms with Crippen LogP contribution in [0.2, 0.25) is 0 Å². The van der Waals surface area contributed by atoms with Crippen LogP contribution in [0.5, 0.6) is 5.75 Å². The van der Waals surface area contributed by atoms with Crippen molar-refractivity contribution in [2.75, 3.05) is 6.61 Å². The molecular weight excluding hydrogens is 248 g/mol. The minimum Gasteiger partial charge on any atom is -0.491 e. The molecule has 2 nitrogen and oxygen atoms in total.